The molecule has 1 amide bonds. The van der Waals surface area contributed by atoms with E-state index < -0.39 is 0 Å². The van der Waals surface area contributed by atoms with Crippen molar-refractivity contribution in [3.05, 3.63) is 80.4 Å². The lowest BCUT2D eigenvalue weighted by molar-refractivity contribution is -0.122. The van der Waals surface area contributed by atoms with E-state index in [-0.39, 0.29) is 23.8 Å². The van der Waals surface area contributed by atoms with Gasteiger partial charge in [-0.25, -0.2) is 9.37 Å². The Kier molecular flexibility index (Phi) is 6.70. The fraction of sp³-hybridized carbons (Fsp3) is 0.333. The fourth-order valence-corrected chi connectivity index (χ4v) is 6.28. The van der Waals surface area contributed by atoms with Crippen molar-refractivity contribution in [2.24, 2.45) is 11.8 Å². The molecule has 2 aromatic heterocycles. The molecule has 0 aliphatic carbocycles. The molecule has 1 aromatic carbocycles. The van der Waals surface area contributed by atoms with Gasteiger partial charge in [0.2, 0.25) is 0 Å². The topological polar surface area (TPSA) is 57.9 Å². The third-order valence-electron chi connectivity index (χ3n) is 6.64. The summed E-state index contributed by atoms with van der Waals surface area (Å²) in [4.78, 5) is 36.1. The lowest BCUT2D eigenvalue weighted by Gasteiger charge is -2.36. The van der Waals surface area contributed by atoms with Gasteiger partial charge in [0.1, 0.15) is 21.6 Å². The smallest absolute Gasteiger partial charge is 0.267 e. The van der Waals surface area contributed by atoms with Crippen molar-refractivity contribution in [3.63, 3.8) is 0 Å². The quantitative estimate of drug-likeness (QED) is 0.354. The first-order valence-electron chi connectivity index (χ1n) is 12.0. The SMILES string of the molecule is Cc1cccn2c(=O)c(/C=C3/SC(=S)N(Cc4ccc(F)cc4)C3=O)c(N3CC(C)CC(C)C3)nc12. The zero-order valence-corrected chi connectivity index (χ0v) is 22.0. The second kappa shape index (κ2) is 9.78. The van der Waals surface area contributed by atoms with Crippen LogP contribution in [0.2, 0.25) is 0 Å². The molecule has 186 valence electrons. The number of nitrogens with zero attached hydrogens (tertiary/aromatic N) is 4. The van der Waals surface area contributed by atoms with Crippen LogP contribution in [0.25, 0.3) is 11.7 Å². The minimum absolute atomic E-state index is 0.214. The van der Waals surface area contributed by atoms with Gasteiger partial charge in [-0.2, -0.15) is 0 Å². The minimum atomic E-state index is -0.336. The van der Waals surface area contributed by atoms with Crippen molar-refractivity contribution >= 4 is 51.7 Å². The first-order valence-corrected chi connectivity index (χ1v) is 13.2. The van der Waals surface area contributed by atoms with Gasteiger partial charge in [-0.05, 0) is 60.6 Å². The predicted octanol–water partition coefficient (Wildman–Crippen LogP) is 5.03. The number of hydrogen-bond acceptors (Lipinski definition) is 6. The Morgan fingerprint density at radius 1 is 1.14 bits per heavy atom. The molecule has 0 N–H and O–H groups in total. The highest BCUT2D eigenvalue weighted by Gasteiger charge is 2.33. The zero-order valence-electron chi connectivity index (χ0n) is 20.4. The van der Waals surface area contributed by atoms with Gasteiger partial charge in [0.25, 0.3) is 11.5 Å². The molecule has 0 spiro atoms. The fourth-order valence-electron chi connectivity index (χ4n) is 5.04. The van der Waals surface area contributed by atoms with Gasteiger partial charge in [0.05, 0.1) is 17.0 Å². The molecular weight excluding hydrogens is 495 g/mol. The number of pyridine rings is 1. The number of aromatic nitrogens is 2. The molecule has 2 aliphatic rings. The molecule has 2 atom stereocenters. The minimum Gasteiger partial charge on any atom is -0.355 e. The first-order chi connectivity index (χ1) is 17.2. The molecule has 6 nitrogen and oxygen atoms in total. The van der Waals surface area contributed by atoms with E-state index in [4.69, 9.17) is 17.2 Å². The summed E-state index contributed by atoms with van der Waals surface area (Å²) >= 11 is 6.67. The van der Waals surface area contributed by atoms with Crippen LogP contribution in [0, 0.1) is 24.6 Å². The second-order valence-corrected chi connectivity index (χ2v) is 11.5. The van der Waals surface area contributed by atoms with Gasteiger partial charge in [-0.3, -0.25) is 18.9 Å². The van der Waals surface area contributed by atoms with Crippen LogP contribution < -0.4 is 10.5 Å². The summed E-state index contributed by atoms with van der Waals surface area (Å²) < 4.78 is 15.3. The molecule has 0 bridgehead atoms. The first kappa shape index (κ1) is 24.6. The molecule has 2 saturated heterocycles. The van der Waals surface area contributed by atoms with E-state index in [1.54, 1.807) is 28.8 Å². The van der Waals surface area contributed by atoms with Crippen molar-refractivity contribution in [2.45, 2.75) is 33.7 Å². The van der Waals surface area contributed by atoms with Crippen molar-refractivity contribution in [2.75, 3.05) is 18.0 Å². The highest BCUT2D eigenvalue weighted by molar-refractivity contribution is 8.26. The number of carbonyl (C=O) groups is 1. The van der Waals surface area contributed by atoms with E-state index in [1.165, 1.54) is 28.8 Å². The summed E-state index contributed by atoms with van der Waals surface area (Å²) in [5, 5.41) is 0. The van der Waals surface area contributed by atoms with E-state index in [1.807, 2.05) is 19.1 Å². The number of carbonyl (C=O) groups excluding carboxylic acids is 1. The lowest BCUT2D eigenvalue weighted by Crippen LogP contribution is -2.40. The Balaban J connectivity index is 1.58. The van der Waals surface area contributed by atoms with Crippen molar-refractivity contribution in [1.82, 2.24) is 14.3 Å². The largest absolute Gasteiger partial charge is 0.355 e. The number of rotatable bonds is 4. The summed E-state index contributed by atoms with van der Waals surface area (Å²) in [7, 11) is 0. The molecule has 0 saturated carbocycles. The summed E-state index contributed by atoms with van der Waals surface area (Å²) in [6, 6.07) is 9.75. The van der Waals surface area contributed by atoms with Crippen LogP contribution in [0.5, 0.6) is 0 Å². The Morgan fingerprint density at radius 2 is 1.83 bits per heavy atom. The average molecular weight is 523 g/mol. The van der Waals surface area contributed by atoms with Crippen LogP contribution in [0.1, 0.15) is 37.0 Å². The number of hydrogen-bond donors (Lipinski definition) is 0. The van der Waals surface area contributed by atoms with E-state index in [9.17, 15) is 14.0 Å². The van der Waals surface area contributed by atoms with Gasteiger partial charge < -0.3 is 4.90 Å². The molecule has 4 heterocycles. The van der Waals surface area contributed by atoms with Crippen LogP contribution in [0.3, 0.4) is 0 Å². The second-order valence-electron chi connectivity index (χ2n) is 9.78. The number of fused-ring (bicyclic) bond motifs is 1. The monoisotopic (exact) mass is 522 g/mol. The van der Waals surface area contributed by atoms with Gasteiger partial charge in [-0.1, -0.05) is 56.0 Å². The number of piperidine rings is 1. The zero-order chi connectivity index (χ0) is 25.6. The molecular formula is C27H27FN4O2S2. The summed E-state index contributed by atoms with van der Waals surface area (Å²) in [6.07, 6.45) is 4.48. The maximum Gasteiger partial charge on any atom is 0.267 e. The summed E-state index contributed by atoms with van der Waals surface area (Å²) in [5.74, 6) is 0.934. The van der Waals surface area contributed by atoms with Crippen molar-refractivity contribution in [1.29, 1.82) is 0 Å². The number of benzene rings is 1. The highest BCUT2D eigenvalue weighted by Crippen LogP contribution is 2.35. The maximum absolute atomic E-state index is 13.7. The standard InChI is InChI=1S/C27H27FN4O2S2/c1-16-11-17(2)14-30(13-16)24-21(25(33)31-10-4-5-18(3)23(31)29-24)12-22-26(34)32(27(35)36-22)15-19-6-8-20(28)9-7-19/h4-10,12,16-17H,11,13-15H2,1-3H3/b22-12+. The Labute approximate surface area is 218 Å². The van der Waals surface area contributed by atoms with Crippen LogP contribution >= 0.6 is 24.0 Å². The van der Waals surface area contributed by atoms with Gasteiger partial charge >= 0.3 is 0 Å². The van der Waals surface area contributed by atoms with Gasteiger partial charge in [0.15, 0.2) is 0 Å². The van der Waals surface area contributed by atoms with Crippen molar-refractivity contribution in [3.8, 4) is 0 Å². The molecule has 0 radical (unpaired) electrons. The molecule has 2 aliphatic heterocycles. The molecule has 5 rings (SSSR count). The third kappa shape index (κ3) is 4.69. The van der Waals surface area contributed by atoms with E-state index in [0.29, 0.717) is 38.1 Å². The van der Waals surface area contributed by atoms with Gasteiger partial charge in [-0.15, -0.1) is 0 Å². The number of thiocarbonyl (C=S) groups is 1. The number of anilines is 1. The number of thioether (sulfide) groups is 1. The highest BCUT2D eigenvalue weighted by atomic mass is 32.2. The lowest BCUT2D eigenvalue weighted by atomic mass is 9.91. The molecule has 3 aromatic rings. The average Bonchev–Trinajstić information content (AvgIpc) is 3.09. The normalized spacial score (nSPS) is 21.7. The van der Waals surface area contributed by atoms with Crippen LogP contribution in [-0.2, 0) is 11.3 Å². The molecule has 2 fully saturated rings. The van der Waals surface area contributed by atoms with E-state index in [0.717, 1.165) is 30.6 Å². The van der Waals surface area contributed by atoms with Crippen molar-refractivity contribution < 1.29 is 9.18 Å². The number of halogens is 1. The summed E-state index contributed by atoms with van der Waals surface area (Å²) in [6.45, 7) is 8.19. The van der Waals surface area contributed by atoms with E-state index in [2.05, 4.69) is 18.7 Å². The summed E-state index contributed by atoms with van der Waals surface area (Å²) in [5.41, 5.74) is 2.47. The van der Waals surface area contributed by atoms with Crippen LogP contribution in [0.15, 0.2) is 52.3 Å². The van der Waals surface area contributed by atoms with Crippen LogP contribution in [-0.4, -0.2) is 37.6 Å². The Morgan fingerprint density at radius 3 is 2.53 bits per heavy atom. The third-order valence-corrected chi connectivity index (χ3v) is 8.01. The Bertz CT molecular complexity index is 1440. The molecule has 36 heavy (non-hydrogen) atoms. The predicted molar refractivity (Wildman–Crippen MR) is 146 cm³/mol. The number of amides is 1. The van der Waals surface area contributed by atoms with E-state index >= 15 is 0 Å². The molecule has 9 heteroatoms. The number of aryl methyl sites for hydroxylation is 1. The van der Waals surface area contributed by atoms with Gasteiger partial charge in [0, 0.05) is 19.3 Å². The maximum atomic E-state index is 13.7. The Hall–Kier alpha value is -3.04. The van der Waals surface area contributed by atoms with Crippen LogP contribution in [0.4, 0.5) is 10.2 Å². The molecule has 2 unspecified atom stereocenters.